The molecule has 0 bridgehead atoms. The lowest BCUT2D eigenvalue weighted by atomic mass is 9.85. The normalized spacial score (nSPS) is 20.3. The molecule has 0 saturated carbocycles. The molecule has 1 unspecified atom stereocenters. The van der Waals surface area contributed by atoms with Gasteiger partial charge in [0.1, 0.15) is 30.0 Å². The van der Waals surface area contributed by atoms with Crippen LogP contribution in [0.2, 0.25) is 0 Å². The highest BCUT2D eigenvalue weighted by Crippen LogP contribution is 2.47. The van der Waals surface area contributed by atoms with Gasteiger partial charge in [-0.1, -0.05) is 31.2 Å². The molecule has 0 aliphatic carbocycles. The number of nitrogens with two attached hydrogens (primary N) is 1. The lowest BCUT2D eigenvalue weighted by Gasteiger charge is -2.31. The van der Waals surface area contributed by atoms with E-state index < -0.39 is 12.0 Å². The van der Waals surface area contributed by atoms with Gasteiger partial charge in [-0.3, -0.25) is 9.69 Å². The van der Waals surface area contributed by atoms with Gasteiger partial charge in [0, 0.05) is 29.3 Å². The minimum Gasteiger partial charge on any atom is -0.508 e. The summed E-state index contributed by atoms with van der Waals surface area (Å²) in [4.78, 5) is 14.4. The second kappa shape index (κ2) is 10.3. The molecule has 3 aromatic carbocycles. The monoisotopic (exact) mass is 498 g/mol. The highest BCUT2D eigenvalue weighted by atomic mass is 16.5. The minimum atomic E-state index is -0.481. The Kier molecular flexibility index (Phi) is 6.94. The van der Waals surface area contributed by atoms with Crippen LogP contribution in [0.4, 0.5) is 0 Å². The standard InChI is InChI=1S/C31H34N2O4/c1-19-13-14-33(17-19)20(2)18-36-26-10-7-22(8-11-26)30-29(23-5-4-6-24(15-23)31(32)35)21(3)27-16-25(34)9-12-28(27)37-30/h4-12,15-16,19-20,30,34H,13-14,17-18H2,1-3H3,(H2,32,35)/t19-,20+,30?/m1/s1. The fraction of sp³-hybridized carbons (Fsp3) is 0.323. The van der Waals surface area contributed by atoms with Crippen LogP contribution >= 0.6 is 0 Å². The van der Waals surface area contributed by atoms with Crippen LogP contribution in [-0.2, 0) is 0 Å². The van der Waals surface area contributed by atoms with Gasteiger partial charge in [0.15, 0.2) is 0 Å². The Bertz CT molecular complexity index is 1330. The number of benzene rings is 3. The molecule has 0 radical (unpaired) electrons. The number of carbonyl (C=O) groups excluding carboxylic acids is 1. The molecule has 192 valence electrons. The predicted octanol–water partition coefficient (Wildman–Crippen LogP) is 5.66. The van der Waals surface area contributed by atoms with E-state index in [1.165, 1.54) is 6.42 Å². The van der Waals surface area contributed by atoms with E-state index in [9.17, 15) is 9.90 Å². The summed E-state index contributed by atoms with van der Waals surface area (Å²) >= 11 is 0. The first kappa shape index (κ1) is 24.9. The van der Waals surface area contributed by atoms with Gasteiger partial charge in [0.2, 0.25) is 5.91 Å². The van der Waals surface area contributed by atoms with Crippen molar-refractivity contribution in [3.05, 3.63) is 89.0 Å². The second-order valence-corrected chi connectivity index (χ2v) is 10.3. The molecule has 6 heteroatoms. The van der Waals surface area contributed by atoms with Crippen LogP contribution in [0.3, 0.4) is 0 Å². The highest BCUT2D eigenvalue weighted by Gasteiger charge is 2.30. The summed E-state index contributed by atoms with van der Waals surface area (Å²) < 4.78 is 12.6. The molecule has 1 saturated heterocycles. The Labute approximate surface area is 218 Å². The summed E-state index contributed by atoms with van der Waals surface area (Å²) in [6.45, 7) is 9.44. The molecular formula is C31H34N2O4. The number of ether oxygens (including phenoxy) is 2. The van der Waals surface area contributed by atoms with Crippen LogP contribution in [0.15, 0.2) is 66.7 Å². The molecule has 1 amide bonds. The molecule has 1 fully saturated rings. The third-order valence-corrected chi connectivity index (χ3v) is 7.49. The number of phenols is 1. The van der Waals surface area contributed by atoms with Crippen molar-refractivity contribution in [3.63, 3.8) is 0 Å². The summed E-state index contributed by atoms with van der Waals surface area (Å²) in [7, 11) is 0. The van der Waals surface area contributed by atoms with Gasteiger partial charge in [-0.15, -0.1) is 0 Å². The van der Waals surface area contributed by atoms with Crippen LogP contribution in [0.1, 0.15) is 60.3 Å². The zero-order valence-electron chi connectivity index (χ0n) is 21.6. The Hall–Kier alpha value is -3.77. The number of hydrogen-bond donors (Lipinski definition) is 2. The average molecular weight is 499 g/mol. The predicted molar refractivity (Wildman–Crippen MR) is 146 cm³/mol. The number of fused-ring (bicyclic) bond motifs is 1. The zero-order valence-corrected chi connectivity index (χ0v) is 21.6. The van der Waals surface area contributed by atoms with E-state index >= 15 is 0 Å². The summed E-state index contributed by atoms with van der Waals surface area (Å²) in [5.41, 5.74) is 10.5. The van der Waals surface area contributed by atoms with E-state index in [1.807, 2.05) is 43.3 Å². The number of phenolic OH excluding ortho intramolecular Hbond substituents is 1. The van der Waals surface area contributed by atoms with E-state index in [4.69, 9.17) is 15.2 Å². The van der Waals surface area contributed by atoms with Gasteiger partial charge >= 0.3 is 0 Å². The van der Waals surface area contributed by atoms with Crippen LogP contribution in [0.5, 0.6) is 17.2 Å². The smallest absolute Gasteiger partial charge is 0.248 e. The van der Waals surface area contributed by atoms with E-state index in [0.717, 1.165) is 52.6 Å². The zero-order chi connectivity index (χ0) is 26.1. The molecule has 6 nitrogen and oxygen atoms in total. The van der Waals surface area contributed by atoms with Crippen LogP contribution in [-0.4, -0.2) is 41.7 Å². The minimum absolute atomic E-state index is 0.171. The summed E-state index contributed by atoms with van der Waals surface area (Å²) in [5, 5.41) is 10.1. The van der Waals surface area contributed by atoms with E-state index in [-0.39, 0.29) is 5.75 Å². The van der Waals surface area contributed by atoms with Crippen molar-refractivity contribution < 1.29 is 19.4 Å². The first-order valence-electron chi connectivity index (χ1n) is 12.9. The first-order chi connectivity index (χ1) is 17.8. The van der Waals surface area contributed by atoms with Crippen molar-refractivity contribution in [2.45, 2.75) is 39.3 Å². The fourth-order valence-corrected chi connectivity index (χ4v) is 5.31. The van der Waals surface area contributed by atoms with Crippen molar-refractivity contribution in [2.24, 2.45) is 11.7 Å². The number of likely N-dealkylation sites (tertiary alicyclic amines) is 1. The molecule has 37 heavy (non-hydrogen) atoms. The van der Waals surface area contributed by atoms with Gasteiger partial charge in [-0.05, 0) is 91.9 Å². The quantitative estimate of drug-likeness (QED) is 0.439. The third kappa shape index (κ3) is 5.20. The van der Waals surface area contributed by atoms with E-state index in [2.05, 4.69) is 18.7 Å². The maximum Gasteiger partial charge on any atom is 0.248 e. The van der Waals surface area contributed by atoms with Gasteiger partial charge in [0.05, 0.1) is 0 Å². The number of allylic oxidation sites excluding steroid dienone is 1. The molecule has 3 atom stereocenters. The lowest BCUT2D eigenvalue weighted by Crippen LogP contribution is -2.35. The maximum atomic E-state index is 11.9. The van der Waals surface area contributed by atoms with E-state index in [0.29, 0.717) is 24.0 Å². The van der Waals surface area contributed by atoms with Crippen molar-refractivity contribution in [2.75, 3.05) is 19.7 Å². The van der Waals surface area contributed by atoms with Crippen LogP contribution in [0.25, 0.3) is 11.1 Å². The molecule has 2 aliphatic heterocycles. The van der Waals surface area contributed by atoms with Gasteiger partial charge < -0.3 is 20.3 Å². The Morgan fingerprint density at radius 2 is 1.95 bits per heavy atom. The number of nitrogens with zero attached hydrogens (tertiary/aromatic N) is 1. The van der Waals surface area contributed by atoms with Gasteiger partial charge in [0.25, 0.3) is 0 Å². The number of carbonyl (C=O) groups is 1. The molecule has 2 aliphatic rings. The largest absolute Gasteiger partial charge is 0.508 e. The molecule has 2 heterocycles. The molecular weight excluding hydrogens is 464 g/mol. The van der Waals surface area contributed by atoms with Gasteiger partial charge in [-0.2, -0.15) is 0 Å². The van der Waals surface area contributed by atoms with Crippen LogP contribution in [0, 0.1) is 5.92 Å². The highest BCUT2D eigenvalue weighted by molar-refractivity contribution is 5.98. The molecule has 3 aromatic rings. The van der Waals surface area contributed by atoms with Crippen molar-refractivity contribution in [3.8, 4) is 17.2 Å². The maximum absolute atomic E-state index is 11.9. The fourth-order valence-electron chi connectivity index (χ4n) is 5.31. The average Bonchev–Trinajstić information content (AvgIpc) is 3.34. The third-order valence-electron chi connectivity index (χ3n) is 7.49. The molecule has 0 spiro atoms. The van der Waals surface area contributed by atoms with Crippen molar-refractivity contribution >= 4 is 17.1 Å². The Morgan fingerprint density at radius 3 is 2.65 bits per heavy atom. The topological polar surface area (TPSA) is 85.0 Å². The van der Waals surface area contributed by atoms with E-state index in [1.54, 1.807) is 30.3 Å². The Balaban J connectivity index is 1.43. The summed E-state index contributed by atoms with van der Waals surface area (Å²) in [6.07, 6.45) is 0.847. The number of rotatable bonds is 7. The van der Waals surface area contributed by atoms with Crippen molar-refractivity contribution in [1.29, 1.82) is 0 Å². The molecule has 5 rings (SSSR count). The second-order valence-electron chi connectivity index (χ2n) is 10.3. The lowest BCUT2D eigenvalue weighted by molar-refractivity contribution is 0.1000. The SMILES string of the molecule is CC1=C(c2cccc(C(N)=O)c2)C(c2ccc(OC[C@H](C)N3CC[C@@H](C)C3)cc2)Oc2ccc(O)cc21. The van der Waals surface area contributed by atoms with Crippen LogP contribution < -0.4 is 15.2 Å². The summed E-state index contributed by atoms with van der Waals surface area (Å²) in [6, 6.07) is 20.8. The molecule has 3 N–H and O–H groups in total. The number of hydrogen-bond acceptors (Lipinski definition) is 5. The molecule has 0 aromatic heterocycles. The number of amides is 1. The number of aromatic hydroxyl groups is 1. The van der Waals surface area contributed by atoms with Gasteiger partial charge in [-0.25, -0.2) is 0 Å². The Morgan fingerprint density at radius 1 is 1.16 bits per heavy atom. The first-order valence-corrected chi connectivity index (χ1v) is 12.9. The summed E-state index contributed by atoms with van der Waals surface area (Å²) in [5.74, 6) is 1.96. The number of primary amides is 1. The van der Waals surface area contributed by atoms with Crippen molar-refractivity contribution in [1.82, 2.24) is 4.90 Å².